The average molecular weight is 185 g/mol. The van der Waals surface area contributed by atoms with E-state index >= 15 is 0 Å². The number of hydrogen-bond acceptors (Lipinski definition) is 2. The van der Waals surface area contributed by atoms with E-state index in [2.05, 4.69) is 23.2 Å². The van der Waals surface area contributed by atoms with Gasteiger partial charge in [0, 0.05) is 12.4 Å². The van der Waals surface area contributed by atoms with Crippen LogP contribution in [-0.4, -0.2) is 11.8 Å². The molecule has 2 aromatic rings. The van der Waals surface area contributed by atoms with Crippen molar-refractivity contribution in [3.63, 3.8) is 0 Å². The van der Waals surface area contributed by atoms with Crippen molar-refractivity contribution < 1.29 is 4.79 Å². The van der Waals surface area contributed by atoms with Crippen molar-refractivity contribution >= 4 is 6.79 Å². The number of hydrogen-bond donors (Lipinski definition) is 0. The zero-order valence-electron chi connectivity index (χ0n) is 7.76. The highest BCUT2D eigenvalue weighted by atomic mass is 16.1. The van der Waals surface area contributed by atoms with E-state index in [0.29, 0.717) is 0 Å². The Morgan fingerprint density at radius 2 is 1.50 bits per heavy atom. The van der Waals surface area contributed by atoms with Crippen LogP contribution in [0.25, 0.3) is 11.1 Å². The third-order valence-corrected chi connectivity index (χ3v) is 1.77. The molecule has 70 valence electrons. The minimum absolute atomic E-state index is 1.16. The van der Waals surface area contributed by atoms with E-state index < -0.39 is 0 Å². The lowest BCUT2D eigenvalue weighted by molar-refractivity contribution is -0.0979. The van der Waals surface area contributed by atoms with Gasteiger partial charge in [-0.05, 0) is 17.2 Å². The Kier molecular flexibility index (Phi) is 4.08. The highest BCUT2D eigenvalue weighted by Gasteiger charge is 1.92. The molecule has 1 aromatic carbocycles. The lowest BCUT2D eigenvalue weighted by Crippen LogP contribution is -1.76. The van der Waals surface area contributed by atoms with Crippen LogP contribution in [0.5, 0.6) is 0 Å². The van der Waals surface area contributed by atoms with E-state index in [4.69, 9.17) is 4.79 Å². The lowest BCUT2D eigenvalue weighted by atomic mass is 10.1. The Labute approximate surface area is 83.2 Å². The van der Waals surface area contributed by atoms with Gasteiger partial charge in [-0.3, -0.25) is 4.98 Å². The first-order valence-electron chi connectivity index (χ1n) is 4.21. The Morgan fingerprint density at radius 3 is 2.07 bits per heavy atom. The second-order valence-corrected chi connectivity index (χ2v) is 2.61. The molecular formula is C12H11NO. The first-order chi connectivity index (χ1) is 6.97. The highest BCUT2D eigenvalue weighted by molar-refractivity contribution is 5.61. The predicted molar refractivity (Wildman–Crippen MR) is 56.8 cm³/mol. The molecule has 1 aromatic heterocycles. The molecule has 14 heavy (non-hydrogen) atoms. The maximum atomic E-state index is 8.00. The molecule has 0 aliphatic carbocycles. The molecule has 0 saturated carbocycles. The maximum absolute atomic E-state index is 8.00. The van der Waals surface area contributed by atoms with E-state index in [1.165, 1.54) is 5.56 Å². The summed E-state index contributed by atoms with van der Waals surface area (Å²) >= 11 is 0. The van der Waals surface area contributed by atoms with Crippen molar-refractivity contribution in [2.45, 2.75) is 0 Å². The molecule has 0 amide bonds. The zero-order valence-corrected chi connectivity index (χ0v) is 7.76. The molecule has 0 radical (unpaired) electrons. The summed E-state index contributed by atoms with van der Waals surface area (Å²) in [6.07, 6.45) is 3.65. The van der Waals surface area contributed by atoms with Crippen molar-refractivity contribution in [1.29, 1.82) is 0 Å². The first kappa shape index (κ1) is 10.1. The fourth-order valence-corrected chi connectivity index (χ4v) is 1.16. The summed E-state index contributed by atoms with van der Waals surface area (Å²) in [5, 5.41) is 0. The molecule has 2 nitrogen and oxygen atoms in total. The van der Waals surface area contributed by atoms with E-state index in [1.807, 2.05) is 37.3 Å². The number of nitrogens with zero attached hydrogens (tertiary/aromatic N) is 1. The average Bonchev–Trinajstić information content (AvgIpc) is 2.34. The molecule has 2 rings (SSSR count). The fourth-order valence-electron chi connectivity index (χ4n) is 1.16. The van der Waals surface area contributed by atoms with Crippen molar-refractivity contribution in [3.05, 3.63) is 54.9 Å². The molecule has 0 saturated heterocycles. The summed E-state index contributed by atoms with van der Waals surface area (Å²) in [4.78, 5) is 12.1. The van der Waals surface area contributed by atoms with Crippen LogP contribution >= 0.6 is 0 Å². The van der Waals surface area contributed by atoms with Crippen molar-refractivity contribution in [1.82, 2.24) is 4.98 Å². The van der Waals surface area contributed by atoms with Crippen LogP contribution in [0.2, 0.25) is 0 Å². The van der Waals surface area contributed by atoms with E-state index in [0.717, 1.165) is 5.56 Å². The highest BCUT2D eigenvalue weighted by Crippen LogP contribution is 2.16. The van der Waals surface area contributed by atoms with Gasteiger partial charge in [0.15, 0.2) is 0 Å². The molecule has 0 unspecified atom stereocenters. The van der Waals surface area contributed by atoms with Gasteiger partial charge in [0.2, 0.25) is 0 Å². The second kappa shape index (κ2) is 5.65. The third kappa shape index (κ3) is 2.52. The number of pyridine rings is 1. The van der Waals surface area contributed by atoms with E-state index in [1.54, 1.807) is 6.20 Å². The first-order valence-corrected chi connectivity index (χ1v) is 4.21. The zero-order chi connectivity index (χ0) is 10.2. The standard InChI is InChI=1S/C11H9N.CH2O/c1-2-5-10(6-3-1)11-7-4-8-12-9-11;1-2/h1-9H;1H2. The Morgan fingerprint density at radius 1 is 0.857 bits per heavy atom. The number of carbonyl (C=O) groups excluding carboxylic acids is 1. The fraction of sp³-hybridized carbons (Fsp3) is 0. The van der Waals surface area contributed by atoms with Crippen LogP contribution in [0.3, 0.4) is 0 Å². The molecule has 0 atom stereocenters. The molecule has 0 bridgehead atoms. The smallest absolute Gasteiger partial charge is 0.106 e. The normalized spacial score (nSPS) is 8.57. The minimum atomic E-state index is 1.16. The van der Waals surface area contributed by atoms with Crippen molar-refractivity contribution in [3.8, 4) is 11.1 Å². The molecule has 0 aliphatic rings. The summed E-state index contributed by atoms with van der Waals surface area (Å²) in [6.45, 7) is 2.00. The number of rotatable bonds is 1. The largest absolute Gasteiger partial charge is 0.307 e. The molecule has 0 fully saturated rings. The monoisotopic (exact) mass is 185 g/mol. The summed E-state index contributed by atoms with van der Waals surface area (Å²) in [5.74, 6) is 0. The number of benzene rings is 1. The summed E-state index contributed by atoms with van der Waals surface area (Å²) < 4.78 is 0. The van der Waals surface area contributed by atoms with Crippen LogP contribution in [-0.2, 0) is 4.79 Å². The Bertz CT molecular complexity index is 321. The van der Waals surface area contributed by atoms with Gasteiger partial charge in [-0.1, -0.05) is 36.4 Å². The maximum Gasteiger partial charge on any atom is 0.106 e. The summed E-state index contributed by atoms with van der Waals surface area (Å²) in [7, 11) is 0. The van der Waals surface area contributed by atoms with Crippen LogP contribution in [0.1, 0.15) is 0 Å². The number of carbonyl (C=O) groups is 1. The van der Waals surface area contributed by atoms with Gasteiger partial charge in [-0.25, -0.2) is 0 Å². The molecule has 1 heterocycles. The Balaban J connectivity index is 0.000000461. The van der Waals surface area contributed by atoms with E-state index in [9.17, 15) is 0 Å². The van der Waals surface area contributed by atoms with E-state index in [-0.39, 0.29) is 0 Å². The van der Waals surface area contributed by atoms with Crippen molar-refractivity contribution in [2.24, 2.45) is 0 Å². The Hall–Kier alpha value is -1.96. The minimum Gasteiger partial charge on any atom is -0.307 e. The van der Waals surface area contributed by atoms with Crippen LogP contribution < -0.4 is 0 Å². The van der Waals surface area contributed by atoms with Crippen molar-refractivity contribution in [2.75, 3.05) is 0 Å². The topological polar surface area (TPSA) is 30.0 Å². The third-order valence-electron chi connectivity index (χ3n) is 1.77. The SMILES string of the molecule is C=O.c1ccc(-c2cccnc2)cc1. The quantitative estimate of drug-likeness (QED) is 0.683. The summed E-state index contributed by atoms with van der Waals surface area (Å²) in [6, 6.07) is 14.2. The molecular weight excluding hydrogens is 174 g/mol. The van der Waals surface area contributed by atoms with Gasteiger partial charge >= 0.3 is 0 Å². The second-order valence-electron chi connectivity index (χ2n) is 2.61. The van der Waals surface area contributed by atoms with Gasteiger partial charge in [-0.15, -0.1) is 0 Å². The van der Waals surface area contributed by atoms with Gasteiger partial charge < -0.3 is 4.79 Å². The van der Waals surface area contributed by atoms with Gasteiger partial charge in [0.1, 0.15) is 6.79 Å². The number of aromatic nitrogens is 1. The predicted octanol–water partition coefficient (Wildman–Crippen LogP) is 2.56. The lowest BCUT2D eigenvalue weighted by Gasteiger charge is -1.97. The van der Waals surface area contributed by atoms with Crippen LogP contribution in [0.15, 0.2) is 54.9 Å². The molecule has 0 spiro atoms. The summed E-state index contributed by atoms with van der Waals surface area (Å²) in [5.41, 5.74) is 2.38. The van der Waals surface area contributed by atoms with Gasteiger partial charge in [0.05, 0.1) is 0 Å². The van der Waals surface area contributed by atoms with Gasteiger partial charge in [-0.2, -0.15) is 0 Å². The van der Waals surface area contributed by atoms with Crippen LogP contribution in [0, 0.1) is 0 Å². The molecule has 2 heteroatoms. The van der Waals surface area contributed by atoms with Crippen LogP contribution in [0.4, 0.5) is 0 Å². The van der Waals surface area contributed by atoms with Gasteiger partial charge in [0.25, 0.3) is 0 Å². The molecule has 0 N–H and O–H groups in total. The molecule has 0 aliphatic heterocycles.